The highest BCUT2D eigenvalue weighted by Crippen LogP contribution is 2.26. The summed E-state index contributed by atoms with van der Waals surface area (Å²) >= 11 is 0. The predicted molar refractivity (Wildman–Crippen MR) is 79.4 cm³/mol. The Kier molecular flexibility index (Phi) is 4.80. The number of nitrogens with two attached hydrogens (primary N) is 1. The van der Waals surface area contributed by atoms with Crippen molar-refractivity contribution in [3.05, 3.63) is 59.0 Å². The lowest BCUT2D eigenvalue weighted by Gasteiger charge is -2.17. The lowest BCUT2D eigenvalue weighted by atomic mass is 9.89. The normalized spacial score (nSPS) is 12.6. The van der Waals surface area contributed by atoms with Gasteiger partial charge in [0.05, 0.1) is 6.26 Å². The van der Waals surface area contributed by atoms with Crippen LogP contribution in [0.2, 0.25) is 0 Å². The van der Waals surface area contributed by atoms with Crippen LogP contribution in [-0.2, 0) is 6.42 Å². The van der Waals surface area contributed by atoms with Gasteiger partial charge in [-0.25, -0.2) is 0 Å². The van der Waals surface area contributed by atoms with Gasteiger partial charge in [-0.05, 0) is 68.0 Å². The van der Waals surface area contributed by atoms with Gasteiger partial charge in [0, 0.05) is 6.42 Å². The fourth-order valence-electron chi connectivity index (χ4n) is 2.47. The SMILES string of the molecule is Cc1ccc(C(CCN)CCc2ccco2)cc1C. The van der Waals surface area contributed by atoms with Gasteiger partial charge in [-0.2, -0.15) is 0 Å². The van der Waals surface area contributed by atoms with Crippen LogP contribution in [0.3, 0.4) is 0 Å². The Hall–Kier alpha value is -1.54. The van der Waals surface area contributed by atoms with Crippen molar-refractivity contribution in [1.82, 2.24) is 0 Å². The molecule has 102 valence electrons. The second-order valence-corrected chi connectivity index (χ2v) is 5.24. The summed E-state index contributed by atoms with van der Waals surface area (Å²) in [6.07, 6.45) is 4.84. The maximum Gasteiger partial charge on any atom is 0.103 e. The number of hydrogen-bond donors (Lipinski definition) is 1. The molecule has 2 aromatic rings. The zero-order valence-corrected chi connectivity index (χ0v) is 11.9. The van der Waals surface area contributed by atoms with E-state index >= 15 is 0 Å². The molecule has 2 N–H and O–H groups in total. The zero-order chi connectivity index (χ0) is 13.7. The van der Waals surface area contributed by atoms with E-state index < -0.39 is 0 Å². The molecular formula is C17H23NO. The minimum Gasteiger partial charge on any atom is -0.469 e. The van der Waals surface area contributed by atoms with Crippen LogP contribution in [-0.4, -0.2) is 6.54 Å². The van der Waals surface area contributed by atoms with Crippen molar-refractivity contribution in [2.75, 3.05) is 6.54 Å². The Morgan fingerprint density at radius 2 is 1.95 bits per heavy atom. The number of furan rings is 1. The summed E-state index contributed by atoms with van der Waals surface area (Å²) in [7, 11) is 0. The van der Waals surface area contributed by atoms with E-state index in [0.717, 1.165) is 31.6 Å². The quantitative estimate of drug-likeness (QED) is 0.850. The Labute approximate surface area is 115 Å². The second-order valence-electron chi connectivity index (χ2n) is 5.24. The Balaban J connectivity index is 2.07. The molecule has 0 saturated heterocycles. The minimum atomic E-state index is 0.523. The van der Waals surface area contributed by atoms with Crippen LogP contribution >= 0.6 is 0 Å². The Bertz CT molecular complexity index is 502. The molecule has 0 spiro atoms. The Morgan fingerprint density at radius 1 is 1.11 bits per heavy atom. The van der Waals surface area contributed by atoms with Crippen LogP contribution in [0, 0.1) is 13.8 Å². The van der Waals surface area contributed by atoms with E-state index in [-0.39, 0.29) is 0 Å². The largest absolute Gasteiger partial charge is 0.469 e. The highest BCUT2D eigenvalue weighted by atomic mass is 16.3. The molecule has 0 bridgehead atoms. The fraction of sp³-hybridized carbons (Fsp3) is 0.412. The average molecular weight is 257 g/mol. The molecular weight excluding hydrogens is 234 g/mol. The molecule has 2 heteroatoms. The zero-order valence-electron chi connectivity index (χ0n) is 11.9. The fourth-order valence-corrected chi connectivity index (χ4v) is 2.47. The van der Waals surface area contributed by atoms with E-state index in [1.807, 2.05) is 12.1 Å². The van der Waals surface area contributed by atoms with Gasteiger partial charge in [0.25, 0.3) is 0 Å². The van der Waals surface area contributed by atoms with Gasteiger partial charge in [-0.3, -0.25) is 0 Å². The molecule has 0 amide bonds. The summed E-state index contributed by atoms with van der Waals surface area (Å²) in [5, 5.41) is 0. The maximum absolute atomic E-state index is 5.76. The Morgan fingerprint density at radius 3 is 2.58 bits per heavy atom. The van der Waals surface area contributed by atoms with Crippen molar-refractivity contribution >= 4 is 0 Å². The van der Waals surface area contributed by atoms with E-state index in [1.54, 1.807) is 6.26 Å². The third-order valence-electron chi connectivity index (χ3n) is 3.84. The first-order chi connectivity index (χ1) is 9.20. The second kappa shape index (κ2) is 6.58. The molecule has 0 saturated carbocycles. The first-order valence-electron chi connectivity index (χ1n) is 7.00. The van der Waals surface area contributed by atoms with Crippen LogP contribution < -0.4 is 5.73 Å². The van der Waals surface area contributed by atoms with Crippen LogP contribution in [0.5, 0.6) is 0 Å². The third kappa shape index (κ3) is 3.71. The lowest BCUT2D eigenvalue weighted by molar-refractivity contribution is 0.479. The molecule has 1 aromatic heterocycles. The standard InChI is InChI=1S/C17H23NO/c1-13-5-6-16(12-14(13)2)15(9-10-18)7-8-17-4-3-11-19-17/h3-6,11-12,15H,7-10,18H2,1-2H3. The summed E-state index contributed by atoms with van der Waals surface area (Å²) in [6.45, 7) is 5.06. The molecule has 1 heterocycles. The molecule has 2 nitrogen and oxygen atoms in total. The van der Waals surface area contributed by atoms with Crippen LogP contribution in [0.25, 0.3) is 0 Å². The molecule has 2 rings (SSSR count). The smallest absolute Gasteiger partial charge is 0.103 e. The summed E-state index contributed by atoms with van der Waals surface area (Å²) in [6, 6.07) is 10.7. The summed E-state index contributed by atoms with van der Waals surface area (Å²) in [5.41, 5.74) is 9.87. The van der Waals surface area contributed by atoms with Crippen molar-refractivity contribution in [3.63, 3.8) is 0 Å². The van der Waals surface area contributed by atoms with Crippen molar-refractivity contribution in [2.45, 2.75) is 39.0 Å². The first kappa shape index (κ1) is 13.9. The summed E-state index contributed by atoms with van der Waals surface area (Å²) < 4.78 is 5.41. The van der Waals surface area contributed by atoms with E-state index in [9.17, 15) is 0 Å². The molecule has 1 aromatic carbocycles. The van der Waals surface area contributed by atoms with Crippen LogP contribution in [0.1, 0.15) is 41.2 Å². The van der Waals surface area contributed by atoms with Gasteiger partial charge < -0.3 is 10.2 Å². The van der Waals surface area contributed by atoms with Crippen molar-refractivity contribution in [1.29, 1.82) is 0 Å². The number of benzene rings is 1. The molecule has 19 heavy (non-hydrogen) atoms. The summed E-state index contributed by atoms with van der Waals surface area (Å²) in [4.78, 5) is 0. The van der Waals surface area contributed by atoms with Gasteiger partial charge in [0.1, 0.15) is 5.76 Å². The maximum atomic E-state index is 5.76. The van der Waals surface area contributed by atoms with Gasteiger partial charge in [0.2, 0.25) is 0 Å². The van der Waals surface area contributed by atoms with Gasteiger partial charge in [-0.15, -0.1) is 0 Å². The molecule has 0 aliphatic heterocycles. The number of rotatable bonds is 6. The molecule has 0 radical (unpaired) electrons. The topological polar surface area (TPSA) is 39.2 Å². The van der Waals surface area contributed by atoms with E-state index in [1.165, 1.54) is 16.7 Å². The first-order valence-corrected chi connectivity index (χ1v) is 7.00. The van der Waals surface area contributed by atoms with Crippen LogP contribution in [0.15, 0.2) is 41.0 Å². The van der Waals surface area contributed by atoms with E-state index in [0.29, 0.717) is 5.92 Å². The van der Waals surface area contributed by atoms with Gasteiger partial charge >= 0.3 is 0 Å². The highest BCUT2D eigenvalue weighted by Gasteiger charge is 2.12. The minimum absolute atomic E-state index is 0.523. The number of aryl methyl sites for hydroxylation is 3. The predicted octanol–water partition coefficient (Wildman–Crippen LogP) is 3.96. The van der Waals surface area contributed by atoms with Crippen molar-refractivity contribution in [3.8, 4) is 0 Å². The average Bonchev–Trinajstić information content (AvgIpc) is 2.91. The van der Waals surface area contributed by atoms with E-state index in [4.69, 9.17) is 10.2 Å². The lowest BCUT2D eigenvalue weighted by Crippen LogP contribution is -2.09. The van der Waals surface area contributed by atoms with Crippen LogP contribution in [0.4, 0.5) is 0 Å². The van der Waals surface area contributed by atoms with Crippen molar-refractivity contribution < 1.29 is 4.42 Å². The van der Waals surface area contributed by atoms with Gasteiger partial charge in [0.15, 0.2) is 0 Å². The molecule has 0 aliphatic carbocycles. The summed E-state index contributed by atoms with van der Waals surface area (Å²) in [5.74, 6) is 1.58. The third-order valence-corrected chi connectivity index (χ3v) is 3.84. The molecule has 1 unspecified atom stereocenters. The number of hydrogen-bond acceptors (Lipinski definition) is 2. The molecule has 1 atom stereocenters. The molecule has 0 fully saturated rings. The molecule has 0 aliphatic rings. The monoisotopic (exact) mass is 257 g/mol. The van der Waals surface area contributed by atoms with Gasteiger partial charge in [-0.1, -0.05) is 18.2 Å². The van der Waals surface area contributed by atoms with Crippen molar-refractivity contribution in [2.24, 2.45) is 5.73 Å². The highest BCUT2D eigenvalue weighted by molar-refractivity contribution is 5.32. The van der Waals surface area contributed by atoms with E-state index in [2.05, 4.69) is 32.0 Å².